The molecule has 0 unspecified atom stereocenters. The maximum Gasteiger partial charge on any atom is 0.116 e. The van der Waals surface area contributed by atoms with Crippen LogP contribution < -0.4 is 5.32 Å². The molecule has 0 fully saturated rings. The van der Waals surface area contributed by atoms with Gasteiger partial charge in [-0.1, -0.05) is 6.92 Å². The van der Waals surface area contributed by atoms with Crippen LogP contribution in [0.4, 0.5) is 10.7 Å². The zero-order valence-electron chi connectivity index (χ0n) is 9.11. The summed E-state index contributed by atoms with van der Waals surface area (Å²) in [5.74, 6) is 0. The summed E-state index contributed by atoms with van der Waals surface area (Å²) in [6, 6.07) is 0. The molecule has 0 aliphatic carbocycles. The Hall–Kier alpha value is -1.36. The van der Waals surface area contributed by atoms with E-state index in [4.69, 9.17) is 0 Å². The van der Waals surface area contributed by atoms with Gasteiger partial charge in [-0.3, -0.25) is 4.68 Å². The van der Waals surface area contributed by atoms with Gasteiger partial charge in [0.25, 0.3) is 0 Å². The van der Waals surface area contributed by atoms with Gasteiger partial charge in [0, 0.05) is 13.2 Å². The van der Waals surface area contributed by atoms with Crippen molar-refractivity contribution in [2.24, 2.45) is 7.05 Å². The van der Waals surface area contributed by atoms with Gasteiger partial charge in [0.15, 0.2) is 0 Å². The summed E-state index contributed by atoms with van der Waals surface area (Å²) in [6.07, 6.45) is 4.75. The van der Waals surface area contributed by atoms with Crippen molar-refractivity contribution >= 4 is 22.0 Å². The molecule has 0 aromatic carbocycles. The van der Waals surface area contributed by atoms with Crippen molar-refractivity contribution in [2.75, 3.05) is 5.32 Å². The Labute approximate surface area is 93.0 Å². The Morgan fingerprint density at radius 2 is 2.33 bits per heavy atom. The lowest BCUT2D eigenvalue weighted by Gasteiger charge is -1.98. The average Bonchev–Trinajstić information content (AvgIpc) is 2.75. The van der Waals surface area contributed by atoms with E-state index in [1.54, 1.807) is 16.0 Å². The number of thiazole rings is 1. The highest BCUT2D eigenvalue weighted by atomic mass is 32.1. The second-order valence-electron chi connectivity index (χ2n) is 3.40. The second kappa shape index (κ2) is 4.02. The van der Waals surface area contributed by atoms with Gasteiger partial charge in [-0.25, -0.2) is 4.98 Å². The molecule has 4 nitrogen and oxygen atoms in total. The predicted octanol–water partition coefficient (Wildman–Crippen LogP) is 2.49. The van der Waals surface area contributed by atoms with Crippen LogP contribution >= 0.6 is 11.3 Å². The highest BCUT2D eigenvalue weighted by Crippen LogP contribution is 2.27. The van der Waals surface area contributed by atoms with Crippen LogP contribution in [-0.2, 0) is 13.5 Å². The SMILES string of the molecule is CCc1nc(C)c(Nc2cnn(C)c2)s1. The van der Waals surface area contributed by atoms with E-state index in [1.807, 2.05) is 26.4 Å². The molecular weight excluding hydrogens is 208 g/mol. The maximum absolute atomic E-state index is 4.46. The molecule has 0 bridgehead atoms. The van der Waals surface area contributed by atoms with Crippen LogP contribution in [0.1, 0.15) is 17.6 Å². The van der Waals surface area contributed by atoms with E-state index >= 15 is 0 Å². The van der Waals surface area contributed by atoms with Crippen LogP contribution in [-0.4, -0.2) is 14.8 Å². The first-order valence-corrected chi connectivity index (χ1v) is 5.72. The van der Waals surface area contributed by atoms with E-state index in [2.05, 4.69) is 22.3 Å². The van der Waals surface area contributed by atoms with Gasteiger partial charge in [-0.15, -0.1) is 11.3 Å². The summed E-state index contributed by atoms with van der Waals surface area (Å²) in [4.78, 5) is 4.46. The second-order valence-corrected chi connectivity index (χ2v) is 4.49. The summed E-state index contributed by atoms with van der Waals surface area (Å²) < 4.78 is 1.78. The molecule has 2 heterocycles. The van der Waals surface area contributed by atoms with E-state index in [0.29, 0.717) is 0 Å². The predicted molar refractivity (Wildman–Crippen MR) is 62.7 cm³/mol. The lowest BCUT2D eigenvalue weighted by atomic mass is 10.4. The summed E-state index contributed by atoms with van der Waals surface area (Å²) in [5, 5.41) is 9.70. The first-order valence-electron chi connectivity index (χ1n) is 4.91. The average molecular weight is 222 g/mol. The maximum atomic E-state index is 4.46. The highest BCUT2D eigenvalue weighted by molar-refractivity contribution is 7.15. The minimum Gasteiger partial charge on any atom is -0.343 e. The van der Waals surface area contributed by atoms with Crippen molar-refractivity contribution in [2.45, 2.75) is 20.3 Å². The molecule has 2 rings (SSSR count). The van der Waals surface area contributed by atoms with Crippen molar-refractivity contribution in [1.82, 2.24) is 14.8 Å². The van der Waals surface area contributed by atoms with Crippen molar-refractivity contribution < 1.29 is 0 Å². The van der Waals surface area contributed by atoms with E-state index in [-0.39, 0.29) is 0 Å². The monoisotopic (exact) mass is 222 g/mol. The fraction of sp³-hybridized carbons (Fsp3) is 0.400. The Morgan fingerprint density at radius 1 is 1.53 bits per heavy atom. The van der Waals surface area contributed by atoms with Gasteiger partial charge < -0.3 is 5.32 Å². The van der Waals surface area contributed by atoms with Crippen LogP contribution in [0.25, 0.3) is 0 Å². The lowest BCUT2D eigenvalue weighted by molar-refractivity contribution is 0.768. The molecule has 0 aliphatic heterocycles. The van der Waals surface area contributed by atoms with Crippen molar-refractivity contribution in [1.29, 1.82) is 0 Å². The number of aryl methyl sites for hydroxylation is 3. The summed E-state index contributed by atoms with van der Waals surface area (Å²) in [5.41, 5.74) is 2.06. The van der Waals surface area contributed by atoms with Gasteiger partial charge in [0.2, 0.25) is 0 Å². The largest absolute Gasteiger partial charge is 0.343 e. The molecule has 0 saturated heterocycles. The van der Waals surface area contributed by atoms with Gasteiger partial charge in [0.1, 0.15) is 5.00 Å². The number of nitrogens with zero attached hydrogens (tertiary/aromatic N) is 3. The molecule has 0 amide bonds. The molecule has 2 aromatic heterocycles. The number of rotatable bonds is 3. The first kappa shape index (κ1) is 10.2. The number of hydrogen-bond donors (Lipinski definition) is 1. The van der Waals surface area contributed by atoms with Crippen molar-refractivity contribution in [3.05, 3.63) is 23.1 Å². The standard InChI is InChI=1S/C10H14N4S/c1-4-9-12-7(2)10(15-9)13-8-5-11-14(3)6-8/h5-6,13H,4H2,1-3H3. The zero-order valence-corrected chi connectivity index (χ0v) is 9.93. The highest BCUT2D eigenvalue weighted by Gasteiger charge is 2.06. The van der Waals surface area contributed by atoms with Gasteiger partial charge in [-0.05, 0) is 13.3 Å². The van der Waals surface area contributed by atoms with Gasteiger partial charge in [0.05, 0.1) is 22.6 Å². The molecule has 0 atom stereocenters. The molecule has 5 heteroatoms. The lowest BCUT2D eigenvalue weighted by Crippen LogP contribution is -1.88. The zero-order chi connectivity index (χ0) is 10.8. The fourth-order valence-corrected chi connectivity index (χ4v) is 2.26. The van der Waals surface area contributed by atoms with E-state index in [9.17, 15) is 0 Å². The molecule has 0 saturated carbocycles. The van der Waals surface area contributed by atoms with Crippen LogP contribution in [0.5, 0.6) is 0 Å². The molecule has 80 valence electrons. The molecule has 2 aromatic rings. The van der Waals surface area contributed by atoms with Crippen LogP contribution in [0.3, 0.4) is 0 Å². The van der Waals surface area contributed by atoms with Crippen LogP contribution in [0.15, 0.2) is 12.4 Å². The number of anilines is 2. The smallest absolute Gasteiger partial charge is 0.116 e. The summed E-state index contributed by atoms with van der Waals surface area (Å²) in [6.45, 7) is 4.14. The van der Waals surface area contributed by atoms with Crippen LogP contribution in [0, 0.1) is 6.92 Å². The molecule has 15 heavy (non-hydrogen) atoms. The normalized spacial score (nSPS) is 10.6. The quantitative estimate of drug-likeness (QED) is 0.867. The first-order chi connectivity index (χ1) is 7.19. The third kappa shape index (κ3) is 2.18. The third-order valence-corrected chi connectivity index (χ3v) is 3.32. The van der Waals surface area contributed by atoms with E-state index in [0.717, 1.165) is 22.8 Å². The third-order valence-electron chi connectivity index (χ3n) is 2.11. The van der Waals surface area contributed by atoms with Gasteiger partial charge in [-0.2, -0.15) is 5.10 Å². The Morgan fingerprint density at radius 3 is 2.87 bits per heavy atom. The number of aromatic nitrogens is 3. The Bertz CT molecular complexity index is 458. The molecule has 0 spiro atoms. The topological polar surface area (TPSA) is 42.7 Å². The van der Waals surface area contributed by atoms with Crippen LogP contribution in [0.2, 0.25) is 0 Å². The molecule has 0 radical (unpaired) electrons. The molecule has 1 N–H and O–H groups in total. The summed E-state index contributed by atoms with van der Waals surface area (Å²) >= 11 is 1.70. The Kier molecular flexibility index (Phi) is 2.73. The van der Waals surface area contributed by atoms with Gasteiger partial charge >= 0.3 is 0 Å². The number of nitrogens with one attached hydrogen (secondary N) is 1. The van der Waals surface area contributed by atoms with E-state index < -0.39 is 0 Å². The fourth-order valence-electron chi connectivity index (χ4n) is 1.34. The minimum absolute atomic E-state index is 0.986. The molecule has 0 aliphatic rings. The Balaban J connectivity index is 2.20. The number of hydrogen-bond acceptors (Lipinski definition) is 4. The minimum atomic E-state index is 0.986. The van der Waals surface area contributed by atoms with Crippen molar-refractivity contribution in [3.8, 4) is 0 Å². The van der Waals surface area contributed by atoms with E-state index in [1.165, 1.54) is 5.01 Å². The summed E-state index contributed by atoms with van der Waals surface area (Å²) in [7, 11) is 1.90. The molecular formula is C10H14N4S. The van der Waals surface area contributed by atoms with Crippen molar-refractivity contribution in [3.63, 3.8) is 0 Å².